The molecule has 2 aromatic carbocycles. The SMILES string of the molecule is CC[C@@H](C)NC(=O)[C@@H](Cc1ccccc1)NC(=O)c1ccccc1. The summed E-state index contributed by atoms with van der Waals surface area (Å²) in [5.74, 6) is -0.395. The zero-order valence-corrected chi connectivity index (χ0v) is 14.2. The molecule has 2 rings (SSSR count). The molecule has 0 unspecified atom stereocenters. The summed E-state index contributed by atoms with van der Waals surface area (Å²) in [7, 11) is 0. The van der Waals surface area contributed by atoms with Crippen molar-refractivity contribution >= 4 is 11.8 Å². The predicted molar refractivity (Wildman–Crippen MR) is 95.7 cm³/mol. The molecule has 0 saturated heterocycles. The standard InChI is InChI=1S/C20H24N2O2/c1-3-15(2)21-20(24)18(14-16-10-6-4-7-11-16)22-19(23)17-12-8-5-9-13-17/h4-13,15,18H,3,14H2,1-2H3,(H,21,24)(H,22,23)/t15-,18-/m1/s1. The summed E-state index contributed by atoms with van der Waals surface area (Å²) >= 11 is 0. The van der Waals surface area contributed by atoms with Gasteiger partial charge in [0.1, 0.15) is 6.04 Å². The number of hydrogen-bond acceptors (Lipinski definition) is 2. The van der Waals surface area contributed by atoms with Gasteiger partial charge in [0.25, 0.3) is 5.91 Å². The monoisotopic (exact) mass is 324 g/mol. The minimum Gasteiger partial charge on any atom is -0.352 e. The summed E-state index contributed by atoms with van der Waals surface area (Å²) in [5.41, 5.74) is 1.56. The van der Waals surface area contributed by atoms with Gasteiger partial charge in [0, 0.05) is 18.0 Å². The molecular formula is C20H24N2O2. The van der Waals surface area contributed by atoms with E-state index in [9.17, 15) is 9.59 Å². The van der Waals surface area contributed by atoms with Gasteiger partial charge in [-0.05, 0) is 31.0 Å². The molecule has 0 fully saturated rings. The third-order valence-electron chi connectivity index (χ3n) is 3.94. The van der Waals surface area contributed by atoms with Crippen LogP contribution >= 0.6 is 0 Å². The maximum atomic E-state index is 12.6. The number of rotatable bonds is 7. The van der Waals surface area contributed by atoms with Crippen LogP contribution in [0.15, 0.2) is 60.7 Å². The average Bonchev–Trinajstić information content (AvgIpc) is 2.62. The predicted octanol–water partition coefficient (Wildman–Crippen LogP) is 2.94. The van der Waals surface area contributed by atoms with Crippen molar-refractivity contribution in [2.75, 3.05) is 0 Å². The zero-order valence-electron chi connectivity index (χ0n) is 14.2. The van der Waals surface area contributed by atoms with E-state index in [1.807, 2.05) is 50.2 Å². The number of benzene rings is 2. The molecule has 0 saturated carbocycles. The van der Waals surface area contributed by atoms with E-state index in [-0.39, 0.29) is 17.9 Å². The highest BCUT2D eigenvalue weighted by molar-refractivity contribution is 5.97. The quantitative estimate of drug-likeness (QED) is 0.823. The Kier molecular flexibility index (Phi) is 6.55. The molecule has 0 heterocycles. The third kappa shape index (κ3) is 5.23. The Labute approximate surface area is 143 Å². The van der Waals surface area contributed by atoms with Crippen LogP contribution in [0.2, 0.25) is 0 Å². The van der Waals surface area contributed by atoms with Crippen molar-refractivity contribution in [1.29, 1.82) is 0 Å². The molecule has 2 amide bonds. The molecule has 0 radical (unpaired) electrons. The van der Waals surface area contributed by atoms with Gasteiger partial charge >= 0.3 is 0 Å². The number of carbonyl (C=O) groups excluding carboxylic acids is 2. The number of hydrogen-bond donors (Lipinski definition) is 2. The molecule has 2 aromatic rings. The first-order valence-electron chi connectivity index (χ1n) is 8.30. The fourth-order valence-electron chi connectivity index (χ4n) is 2.34. The van der Waals surface area contributed by atoms with E-state index in [1.165, 1.54) is 0 Å². The summed E-state index contributed by atoms with van der Waals surface area (Å²) in [6.07, 6.45) is 1.30. The second kappa shape index (κ2) is 8.87. The van der Waals surface area contributed by atoms with Crippen molar-refractivity contribution in [2.24, 2.45) is 0 Å². The van der Waals surface area contributed by atoms with Crippen LogP contribution in [-0.2, 0) is 11.2 Å². The Morgan fingerprint density at radius 1 is 0.917 bits per heavy atom. The van der Waals surface area contributed by atoms with Crippen molar-refractivity contribution in [3.63, 3.8) is 0 Å². The lowest BCUT2D eigenvalue weighted by Gasteiger charge is -2.21. The Balaban J connectivity index is 2.12. The number of carbonyl (C=O) groups is 2. The van der Waals surface area contributed by atoms with Gasteiger partial charge in [-0.1, -0.05) is 55.5 Å². The summed E-state index contributed by atoms with van der Waals surface area (Å²) in [6, 6.07) is 18.1. The molecular weight excluding hydrogens is 300 g/mol. The fourth-order valence-corrected chi connectivity index (χ4v) is 2.34. The van der Waals surface area contributed by atoms with Crippen LogP contribution in [0, 0.1) is 0 Å². The van der Waals surface area contributed by atoms with Gasteiger partial charge in [-0.3, -0.25) is 9.59 Å². The van der Waals surface area contributed by atoms with E-state index in [1.54, 1.807) is 24.3 Å². The molecule has 0 bridgehead atoms. The van der Waals surface area contributed by atoms with E-state index in [2.05, 4.69) is 10.6 Å². The van der Waals surface area contributed by atoms with Crippen molar-refractivity contribution in [1.82, 2.24) is 10.6 Å². The van der Waals surface area contributed by atoms with E-state index >= 15 is 0 Å². The minimum atomic E-state index is -0.603. The maximum Gasteiger partial charge on any atom is 0.251 e. The Bertz CT molecular complexity index is 656. The largest absolute Gasteiger partial charge is 0.352 e. The fraction of sp³-hybridized carbons (Fsp3) is 0.300. The van der Waals surface area contributed by atoms with E-state index in [4.69, 9.17) is 0 Å². The molecule has 0 aliphatic heterocycles. The summed E-state index contributed by atoms with van der Waals surface area (Å²) in [5, 5.41) is 5.81. The second-order valence-electron chi connectivity index (χ2n) is 5.90. The molecule has 2 N–H and O–H groups in total. The van der Waals surface area contributed by atoms with Crippen molar-refractivity contribution in [3.05, 3.63) is 71.8 Å². The summed E-state index contributed by atoms with van der Waals surface area (Å²) in [4.78, 5) is 25.0. The van der Waals surface area contributed by atoms with Crippen molar-refractivity contribution in [3.8, 4) is 0 Å². The Morgan fingerprint density at radius 3 is 2.08 bits per heavy atom. The molecule has 24 heavy (non-hydrogen) atoms. The first kappa shape index (κ1) is 17.7. The van der Waals surface area contributed by atoms with Crippen LogP contribution in [0.25, 0.3) is 0 Å². The van der Waals surface area contributed by atoms with Crippen LogP contribution in [0.1, 0.15) is 36.2 Å². The van der Waals surface area contributed by atoms with E-state index in [0.717, 1.165) is 12.0 Å². The first-order valence-corrected chi connectivity index (χ1v) is 8.30. The van der Waals surface area contributed by atoms with Gasteiger partial charge in [-0.2, -0.15) is 0 Å². The zero-order chi connectivity index (χ0) is 17.4. The van der Waals surface area contributed by atoms with E-state index in [0.29, 0.717) is 12.0 Å². The maximum absolute atomic E-state index is 12.6. The van der Waals surface area contributed by atoms with Crippen LogP contribution in [0.3, 0.4) is 0 Å². The Morgan fingerprint density at radius 2 is 1.50 bits per heavy atom. The smallest absolute Gasteiger partial charge is 0.251 e. The minimum absolute atomic E-state index is 0.0735. The topological polar surface area (TPSA) is 58.2 Å². The Hall–Kier alpha value is -2.62. The van der Waals surface area contributed by atoms with Crippen LogP contribution in [0.5, 0.6) is 0 Å². The first-order chi connectivity index (χ1) is 11.6. The highest BCUT2D eigenvalue weighted by Gasteiger charge is 2.22. The number of amides is 2. The molecule has 4 heteroatoms. The highest BCUT2D eigenvalue weighted by atomic mass is 16.2. The normalized spacial score (nSPS) is 12.9. The third-order valence-corrected chi connectivity index (χ3v) is 3.94. The molecule has 0 aliphatic rings. The van der Waals surface area contributed by atoms with Crippen LogP contribution in [-0.4, -0.2) is 23.9 Å². The van der Waals surface area contributed by atoms with Crippen LogP contribution in [0.4, 0.5) is 0 Å². The van der Waals surface area contributed by atoms with E-state index < -0.39 is 6.04 Å². The average molecular weight is 324 g/mol. The molecule has 0 aliphatic carbocycles. The second-order valence-corrected chi connectivity index (χ2v) is 5.90. The summed E-state index contributed by atoms with van der Waals surface area (Å²) < 4.78 is 0. The summed E-state index contributed by atoms with van der Waals surface area (Å²) in [6.45, 7) is 3.97. The van der Waals surface area contributed by atoms with Gasteiger partial charge in [0.15, 0.2) is 0 Å². The van der Waals surface area contributed by atoms with Gasteiger partial charge < -0.3 is 10.6 Å². The van der Waals surface area contributed by atoms with Gasteiger partial charge in [0.2, 0.25) is 5.91 Å². The van der Waals surface area contributed by atoms with Gasteiger partial charge in [-0.25, -0.2) is 0 Å². The molecule has 0 spiro atoms. The lowest BCUT2D eigenvalue weighted by Crippen LogP contribution is -2.50. The lowest BCUT2D eigenvalue weighted by molar-refractivity contribution is -0.123. The molecule has 0 aromatic heterocycles. The van der Waals surface area contributed by atoms with Crippen molar-refractivity contribution in [2.45, 2.75) is 38.8 Å². The lowest BCUT2D eigenvalue weighted by atomic mass is 10.0. The molecule has 126 valence electrons. The number of nitrogens with one attached hydrogen (secondary N) is 2. The van der Waals surface area contributed by atoms with Crippen molar-refractivity contribution < 1.29 is 9.59 Å². The molecule has 2 atom stereocenters. The molecule has 4 nitrogen and oxygen atoms in total. The van der Waals surface area contributed by atoms with Crippen LogP contribution < -0.4 is 10.6 Å². The van der Waals surface area contributed by atoms with Gasteiger partial charge in [0.05, 0.1) is 0 Å². The van der Waals surface area contributed by atoms with Gasteiger partial charge in [-0.15, -0.1) is 0 Å². The highest BCUT2D eigenvalue weighted by Crippen LogP contribution is 2.06.